The molecule has 160 valence electrons. The molecular weight excluding hydrogens is 467 g/mol. The van der Waals surface area contributed by atoms with Crippen LogP contribution in [-0.2, 0) is 0 Å². The number of likely N-dealkylation sites (tertiary alicyclic amines) is 1. The number of piperazine rings is 1. The maximum atomic E-state index is 5.71. The van der Waals surface area contributed by atoms with Crippen LogP contribution in [0.4, 0.5) is 0 Å². The summed E-state index contributed by atoms with van der Waals surface area (Å²) in [5.41, 5.74) is 0. The summed E-state index contributed by atoms with van der Waals surface area (Å²) < 4.78 is 5.71. The predicted molar refractivity (Wildman–Crippen MR) is 126 cm³/mol. The number of aliphatic imine (C=N–C) groups is 1. The van der Waals surface area contributed by atoms with E-state index in [1.165, 1.54) is 12.8 Å². The first-order chi connectivity index (χ1) is 13.2. The molecule has 3 rings (SSSR count). The number of rotatable bonds is 7. The average molecular weight is 504 g/mol. The van der Waals surface area contributed by atoms with Crippen molar-refractivity contribution >= 4 is 29.9 Å². The number of hydrogen-bond donors (Lipinski definition) is 2. The van der Waals surface area contributed by atoms with Crippen LogP contribution in [0.1, 0.15) is 31.6 Å². The van der Waals surface area contributed by atoms with Crippen LogP contribution in [0.2, 0.25) is 0 Å². The van der Waals surface area contributed by atoms with Crippen molar-refractivity contribution < 1.29 is 4.42 Å². The van der Waals surface area contributed by atoms with Crippen LogP contribution in [0.5, 0.6) is 0 Å². The Morgan fingerprint density at radius 3 is 2.36 bits per heavy atom. The summed E-state index contributed by atoms with van der Waals surface area (Å²) in [7, 11) is 4.04. The summed E-state index contributed by atoms with van der Waals surface area (Å²) in [5, 5.41) is 7.01. The summed E-state index contributed by atoms with van der Waals surface area (Å²) in [6.07, 6.45) is 4.31. The van der Waals surface area contributed by atoms with Crippen molar-refractivity contribution in [2.75, 3.05) is 66.5 Å². The molecule has 0 aromatic carbocycles. The summed E-state index contributed by atoms with van der Waals surface area (Å²) in [5.74, 6) is 1.90. The van der Waals surface area contributed by atoms with E-state index in [4.69, 9.17) is 4.42 Å². The standard InChI is InChI=1S/C20H36N6O.HI/c1-17(25-12-10-24(3)11-13-25)15-22-20(21-2)23-16-18(19-7-6-14-27-19)26-8-4-5-9-26;/h6-7,14,17-18H,4-5,8-13,15-16H2,1-3H3,(H2,21,22,23);1H. The SMILES string of the molecule is CN=C(NCC(C)N1CCN(C)CC1)NCC(c1ccco1)N1CCCC1.I. The third kappa shape index (κ3) is 6.60. The van der Waals surface area contributed by atoms with E-state index in [0.29, 0.717) is 6.04 Å². The topological polar surface area (TPSA) is 59.3 Å². The van der Waals surface area contributed by atoms with Crippen LogP contribution in [0.3, 0.4) is 0 Å². The third-order valence-electron chi connectivity index (χ3n) is 5.87. The van der Waals surface area contributed by atoms with Gasteiger partial charge in [0.1, 0.15) is 5.76 Å². The second-order valence-electron chi connectivity index (χ2n) is 7.80. The number of furan rings is 1. The molecule has 0 aliphatic carbocycles. The van der Waals surface area contributed by atoms with Crippen LogP contribution in [0.25, 0.3) is 0 Å². The van der Waals surface area contributed by atoms with Crippen molar-refractivity contribution in [3.63, 3.8) is 0 Å². The Hall–Kier alpha value is -0.840. The normalized spacial score (nSPS) is 21.9. The average Bonchev–Trinajstić information content (AvgIpc) is 3.39. The predicted octanol–water partition coefficient (Wildman–Crippen LogP) is 1.84. The maximum Gasteiger partial charge on any atom is 0.191 e. The molecule has 2 N–H and O–H groups in total. The zero-order valence-corrected chi connectivity index (χ0v) is 19.9. The van der Waals surface area contributed by atoms with Gasteiger partial charge in [-0.2, -0.15) is 0 Å². The van der Waals surface area contributed by atoms with Gasteiger partial charge in [-0.15, -0.1) is 24.0 Å². The molecular formula is C20H37IN6O. The monoisotopic (exact) mass is 504 g/mol. The second-order valence-corrected chi connectivity index (χ2v) is 7.80. The van der Waals surface area contributed by atoms with E-state index in [1.54, 1.807) is 6.26 Å². The molecule has 0 amide bonds. The number of guanidine groups is 1. The fourth-order valence-corrected chi connectivity index (χ4v) is 3.99. The number of nitrogens with zero attached hydrogens (tertiary/aromatic N) is 4. The number of likely N-dealkylation sites (N-methyl/N-ethyl adjacent to an activating group) is 1. The number of hydrogen-bond acceptors (Lipinski definition) is 5. The summed E-state index contributed by atoms with van der Waals surface area (Å²) in [4.78, 5) is 11.9. The van der Waals surface area contributed by atoms with Crippen LogP contribution in [0.15, 0.2) is 27.8 Å². The van der Waals surface area contributed by atoms with Crippen LogP contribution >= 0.6 is 24.0 Å². The second kappa shape index (κ2) is 12.0. The van der Waals surface area contributed by atoms with Gasteiger partial charge in [0, 0.05) is 52.4 Å². The lowest BCUT2D eigenvalue weighted by molar-refractivity contribution is 0.120. The first-order valence-electron chi connectivity index (χ1n) is 10.3. The minimum Gasteiger partial charge on any atom is -0.468 e. The van der Waals surface area contributed by atoms with E-state index >= 15 is 0 Å². The molecule has 7 nitrogen and oxygen atoms in total. The lowest BCUT2D eigenvalue weighted by Crippen LogP contribution is -2.52. The third-order valence-corrected chi connectivity index (χ3v) is 5.87. The van der Waals surface area contributed by atoms with Gasteiger partial charge in [-0.05, 0) is 52.0 Å². The minimum absolute atomic E-state index is 0. The van der Waals surface area contributed by atoms with Crippen LogP contribution in [-0.4, -0.2) is 93.2 Å². The van der Waals surface area contributed by atoms with Gasteiger partial charge in [0.05, 0.1) is 12.3 Å². The quantitative estimate of drug-likeness (QED) is 0.336. The van der Waals surface area contributed by atoms with Gasteiger partial charge in [0.15, 0.2) is 5.96 Å². The molecule has 0 bridgehead atoms. The van der Waals surface area contributed by atoms with Gasteiger partial charge < -0.3 is 20.0 Å². The molecule has 2 saturated heterocycles. The van der Waals surface area contributed by atoms with E-state index in [1.807, 2.05) is 13.1 Å². The first-order valence-corrected chi connectivity index (χ1v) is 10.3. The van der Waals surface area contributed by atoms with Crippen molar-refractivity contribution in [2.45, 2.75) is 31.8 Å². The van der Waals surface area contributed by atoms with Gasteiger partial charge in [-0.1, -0.05) is 0 Å². The Labute approximate surface area is 186 Å². The Kier molecular flexibility index (Phi) is 10.0. The Morgan fingerprint density at radius 2 is 1.75 bits per heavy atom. The van der Waals surface area contributed by atoms with Crippen molar-refractivity contribution in [1.82, 2.24) is 25.3 Å². The van der Waals surface area contributed by atoms with E-state index < -0.39 is 0 Å². The maximum absolute atomic E-state index is 5.71. The van der Waals surface area contributed by atoms with Gasteiger partial charge in [-0.3, -0.25) is 14.8 Å². The highest BCUT2D eigenvalue weighted by molar-refractivity contribution is 14.0. The zero-order chi connectivity index (χ0) is 19.1. The van der Waals surface area contributed by atoms with Crippen molar-refractivity contribution in [2.24, 2.45) is 4.99 Å². The van der Waals surface area contributed by atoms with Crippen molar-refractivity contribution in [1.29, 1.82) is 0 Å². The van der Waals surface area contributed by atoms with E-state index in [9.17, 15) is 0 Å². The molecule has 1 aromatic heterocycles. The molecule has 28 heavy (non-hydrogen) atoms. The zero-order valence-electron chi connectivity index (χ0n) is 17.6. The Bertz CT molecular complexity index is 567. The summed E-state index contributed by atoms with van der Waals surface area (Å²) in [6, 6.07) is 4.81. The molecule has 2 unspecified atom stereocenters. The highest BCUT2D eigenvalue weighted by Crippen LogP contribution is 2.24. The van der Waals surface area contributed by atoms with Gasteiger partial charge >= 0.3 is 0 Å². The van der Waals surface area contributed by atoms with Gasteiger partial charge in [0.2, 0.25) is 0 Å². The minimum atomic E-state index is 0. The smallest absolute Gasteiger partial charge is 0.191 e. The Morgan fingerprint density at radius 1 is 1.07 bits per heavy atom. The molecule has 1 aromatic rings. The molecule has 8 heteroatoms. The van der Waals surface area contributed by atoms with Gasteiger partial charge in [-0.25, -0.2) is 0 Å². The molecule has 3 heterocycles. The number of halogens is 1. The lowest BCUT2D eigenvalue weighted by Gasteiger charge is -2.36. The Balaban J connectivity index is 0.00000280. The van der Waals surface area contributed by atoms with Crippen molar-refractivity contribution in [3.8, 4) is 0 Å². The van der Waals surface area contributed by atoms with Crippen LogP contribution in [0, 0.1) is 0 Å². The summed E-state index contributed by atoms with van der Waals surface area (Å²) in [6.45, 7) is 10.9. The molecule has 0 saturated carbocycles. The molecule has 0 spiro atoms. The fraction of sp³-hybridized carbons (Fsp3) is 0.750. The highest BCUT2D eigenvalue weighted by Gasteiger charge is 2.26. The van der Waals surface area contributed by atoms with Gasteiger partial charge in [0.25, 0.3) is 0 Å². The number of nitrogens with one attached hydrogen (secondary N) is 2. The van der Waals surface area contributed by atoms with Crippen molar-refractivity contribution in [3.05, 3.63) is 24.2 Å². The molecule has 2 fully saturated rings. The fourth-order valence-electron chi connectivity index (χ4n) is 3.99. The first kappa shape index (κ1) is 23.4. The van der Waals surface area contributed by atoms with Crippen LogP contribution < -0.4 is 10.6 Å². The molecule has 2 atom stereocenters. The molecule has 0 radical (unpaired) electrons. The van der Waals surface area contributed by atoms with E-state index in [2.05, 4.69) is 50.4 Å². The summed E-state index contributed by atoms with van der Waals surface area (Å²) >= 11 is 0. The van der Waals surface area contributed by atoms with E-state index in [0.717, 1.165) is 64.1 Å². The largest absolute Gasteiger partial charge is 0.468 e. The lowest BCUT2D eigenvalue weighted by atomic mass is 10.2. The van der Waals surface area contributed by atoms with E-state index in [-0.39, 0.29) is 30.0 Å². The highest BCUT2D eigenvalue weighted by atomic mass is 127. The molecule has 2 aliphatic rings. The molecule has 2 aliphatic heterocycles.